The monoisotopic (exact) mass is 475 g/mol. The number of carbonyl (C=O) groups excluding carboxylic acids is 2. The SMILES string of the molecule is CC(C)(C)NC(=O)c1cccc(NC(=S)NC(=O)c2ccccc2OCCc2ccccc2)c1. The van der Waals surface area contributed by atoms with E-state index in [0.29, 0.717) is 29.2 Å². The molecule has 0 unspecified atom stereocenters. The minimum absolute atomic E-state index is 0.123. The fraction of sp³-hybridized carbons (Fsp3) is 0.222. The third kappa shape index (κ3) is 7.71. The molecule has 0 spiro atoms. The van der Waals surface area contributed by atoms with Gasteiger partial charge in [-0.05, 0) is 68.9 Å². The zero-order valence-electron chi connectivity index (χ0n) is 19.6. The number of hydrogen-bond acceptors (Lipinski definition) is 4. The van der Waals surface area contributed by atoms with Crippen LogP contribution >= 0.6 is 12.2 Å². The van der Waals surface area contributed by atoms with E-state index in [1.54, 1.807) is 42.5 Å². The van der Waals surface area contributed by atoms with Gasteiger partial charge in [-0.25, -0.2) is 0 Å². The largest absolute Gasteiger partial charge is 0.492 e. The van der Waals surface area contributed by atoms with Crippen molar-refractivity contribution in [3.05, 3.63) is 95.6 Å². The van der Waals surface area contributed by atoms with Gasteiger partial charge in [-0.1, -0.05) is 48.5 Å². The predicted molar refractivity (Wildman–Crippen MR) is 139 cm³/mol. The fourth-order valence-electron chi connectivity index (χ4n) is 3.19. The minimum atomic E-state index is -0.380. The van der Waals surface area contributed by atoms with E-state index in [0.717, 1.165) is 12.0 Å². The molecule has 6 nitrogen and oxygen atoms in total. The normalized spacial score (nSPS) is 10.8. The van der Waals surface area contributed by atoms with Crippen molar-refractivity contribution in [2.75, 3.05) is 11.9 Å². The maximum absolute atomic E-state index is 12.8. The standard InChI is InChI=1S/C27H29N3O3S/c1-27(2,3)30-24(31)20-12-9-13-21(18-20)28-26(34)29-25(32)22-14-7-8-15-23(22)33-17-16-19-10-5-4-6-11-19/h4-15,18H,16-17H2,1-3H3,(H,30,31)(H2,28,29,32,34). The molecule has 3 N–H and O–H groups in total. The molecule has 0 aliphatic heterocycles. The molecule has 0 atom stereocenters. The summed E-state index contributed by atoms with van der Waals surface area (Å²) in [4.78, 5) is 25.3. The van der Waals surface area contributed by atoms with Gasteiger partial charge in [0.25, 0.3) is 11.8 Å². The van der Waals surface area contributed by atoms with Crippen LogP contribution in [0.5, 0.6) is 5.75 Å². The Morgan fingerprint density at radius 3 is 2.32 bits per heavy atom. The van der Waals surface area contributed by atoms with Crippen molar-refractivity contribution in [2.24, 2.45) is 0 Å². The molecule has 2 amide bonds. The summed E-state index contributed by atoms with van der Waals surface area (Å²) in [6, 6.07) is 24.0. The Kier molecular flexibility index (Phi) is 8.38. The summed E-state index contributed by atoms with van der Waals surface area (Å²) < 4.78 is 5.87. The molecule has 7 heteroatoms. The summed E-state index contributed by atoms with van der Waals surface area (Å²) in [6.07, 6.45) is 0.732. The van der Waals surface area contributed by atoms with E-state index < -0.39 is 0 Å². The van der Waals surface area contributed by atoms with E-state index in [9.17, 15) is 9.59 Å². The molecule has 176 valence electrons. The summed E-state index contributed by atoms with van der Waals surface area (Å²) in [7, 11) is 0. The summed E-state index contributed by atoms with van der Waals surface area (Å²) in [6.45, 7) is 6.20. The molecule has 0 aliphatic rings. The van der Waals surface area contributed by atoms with Crippen LogP contribution in [0.25, 0.3) is 0 Å². The maximum Gasteiger partial charge on any atom is 0.261 e. The lowest BCUT2D eigenvalue weighted by Gasteiger charge is -2.20. The molecular weight excluding hydrogens is 446 g/mol. The summed E-state index contributed by atoms with van der Waals surface area (Å²) in [5.41, 5.74) is 2.29. The Morgan fingerprint density at radius 2 is 1.59 bits per heavy atom. The topological polar surface area (TPSA) is 79.5 Å². The van der Waals surface area contributed by atoms with Gasteiger partial charge in [0.15, 0.2) is 5.11 Å². The Labute approximate surface area is 205 Å². The highest BCUT2D eigenvalue weighted by Gasteiger charge is 2.16. The van der Waals surface area contributed by atoms with Crippen LogP contribution in [0.4, 0.5) is 5.69 Å². The van der Waals surface area contributed by atoms with Crippen molar-refractivity contribution in [3.8, 4) is 5.75 Å². The van der Waals surface area contributed by atoms with Crippen LogP contribution < -0.4 is 20.7 Å². The van der Waals surface area contributed by atoms with E-state index in [4.69, 9.17) is 17.0 Å². The van der Waals surface area contributed by atoms with Crippen molar-refractivity contribution in [1.82, 2.24) is 10.6 Å². The molecule has 0 radical (unpaired) electrons. The Bertz CT molecular complexity index is 1160. The first-order chi connectivity index (χ1) is 16.2. The average Bonchev–Trinajstić information content (AvgIpc) is 2.79. The van der Waals surface area contributed by atoms with E-state index in [2.05, 4.69) is 16.0 Å². The molecule has 3 aromatic rings. The number of amides is 2. The smallest absolute Gasteiger partial charge is 0.261 e. The van der Waals surface area contributed by atoms with E-state index in [1.807, 2.05) is 57.2 Å². The lowest BCUT2D eigenvalue weighted by molar-refractivity contribution is 0.0918. The quantitative estimate of drug-likeness (QED) is 0.421. The van der Waals surface area contributed by atoms with Crippen LogP contribution in [0.1, 0.15) is 47.1 Å². The fourth-order valence-corrected chi connectivity index (χ4v) is 3.40. The second-order valence-electron chi connectivity index (χ2n) is 8.77. The van der Waals surface area contributed by atoms with Crippen molar-refractivity contribution in [2.45, 2.75) is 32.7 Å². The predicted octanol–water partition coefficient (Wildman–Crippen LogP) is 4.96. The first-order valence-corrected chi connectivity index (χ1v) is 11.4. The highest BCUT2D eigenvalue weighted by molar-refractivity contribution is 7.80. The van der Waals surface area contributed by atoms with Crippen molar-refractivity contribution < 1.29 is 14.3 Å². The lowest BCUT2D eigenvalue weighted by atomic mass is 10.1. The molecule has 3 rings (SSSR count). The summed E-state index contributed by atoms with van der Waals surface area (Å²) >= 11 is 5.32. The second kappa shape index (κ2) is 11.4. The van der Waals surface area contributed by atoms with Gasteiger partial charge < -0.3 is 15.4 Å². The van der Waals surface area contributed by atoms with Gasteiger partial charge in [-0.15, -0.1) is 0 Å². The molecule has 0 aliphatic carbocycles. The van der Waals surface area contributed by atoms with Crippen LogP contribution in [0.3, 0.4) is 0 Å². The molecule has 3 aromatic carbocycles. The van der Waals surface area contributed by atoms with Gasteiger partial charge in [-0.2, -0.15) is 0 Å². The molecule has 0 heterocycles. The number of para-hydroxylation sites is 1. The molecule has 0 fully saturated rings. The molecular formula is C27H29N3O3S. The van der Waals surface area contributed by atoms with Crippen molar-refractivity contribution in [3.63, 3.8) is 0 Å². The third-order valence-electron chi connectivity index (χ3n) is 4.72. The van der Waals surface area contributed by atoms with Gasteiger partial charge >= 0.3 is 0 Å². The first kappa shape index (κ1) is 24.9. The van der Waals surface area contributed by atoms with Crippen LogP contribution in [0.15, 0.2) is 78.9 Å². The number of hydrogen-bond donors (Lipinski definition) is 3. The van der Waals surface area contributed by atoms with Gasteiger partial charge in [0.1, 0.15) is 5.75 Å². The van der Waals surface area contributed by atoms with Crippen LogP contribution in [0.2, 0.25) is 0 Å². The number of carbonyl (C=O) groups is 2. The lowest BCUT2D eigenvalue weighted by Crippen LogP contribution is -2.40. The van der Waals surface area contributed by atoms with Gasteiger partial charge in [0.05, 0.1) is 12.2 Å². The summed E-state index contributed by atoms with van der Waals surface area (Å²) in [5, 5.41) is 8.69. The zero-order chi connectivity index (χ0) is 24.6. The van der Waals surface area contributed by atoms with Gasteiger partial charge in [0, 0.05) is 23.2 Å². The minimum Gasteiger partial charge on any atom is -0.492 e. The van der Waals surface area contributed by atoms with Gasteiger partial charge in [0.2, 0.25) is 0 Å². The third-order valence-corrected chi connectivity index (χ3v) is 4.93. The molecule has 34 heavy (non-hydrogen) atoms. The number of thiocarbonyl (C=S) groups is 1. The highest BCUT2D eigenvalue weighted by Crippen LogP contribution is 2.19. The van der Waals surface area contributed by atoms with E-state index >= 15 is 0 Å². The first-order valence-electron chi connectivity index (χ1n) is 11.0. The molecule has 0 saturated heterocycles. The van der Waals surface area contributed by atoms with E-state index in [1.165, 1.54) is 0 Å². The Hall–Kier alpha value is -3.71. The summed E-state index contributed by atoms with van der Waals surface area (Å²) in [5.74, 6) is -0.0818. The van der Waals surface area contributed by atoms with Gasteiger partial charge in [-0.3, -0.25) is 14.9 Å². The number of rotatable bonds is 7. The van der Waals surface area contributed by atoms with Crippen LogP contribution in [-0.2, 0) is 6.42 Å². The number of anilines is 1. The van der Waals surface area contributed by atoms with Crippen LogP contribution in [-0.4, -0.2) is 29.1 Å². The molecule has 0 aromatic heterocycles. The number of ether oxygens (including phenoxy) is 1. The zero-order valence-corrected chi connectivity index (χ0v) is 20.4. The van der Waals surface area contributed by atoms with E-state index in [-0.39, 0.29) is 22.5 Å². The Morgan fingerprint density at radius 1 is 0.882 bits per heavy atom. The van der Waals surface area contributed by atoms with Crippen molar-refractivity contribution in [1.29, 1.82) is 0 Å². The second-order valence-corrected chi connectivity index (χ2v) is 9.18. The average molecular weight is 476 g/mol. The maximum atomic E-state index is 12.8. The number of benzene rings is 3. The van der Waals surface area contributed by atoms with Crippen LogP contribution in [0, 0.1) is 0 Å². The molecule has 0 saturated carbocycles. The molecule has 0 bridgehead atoms. The Balaban J connectivity index is 1.59. The van der Waals surface area contributed by atoms with Crippen molar-refractivity contribution >= 4 is 34.8 Å². The highest BCUT2D eigenvalue weighted by atomic mass is 32.1. The number of nitrogens with one attached hydrogen (secondary N) is 3.